The maximum Gasteiger partial charge on any atom is 0.428 e. The lowest BCUT2D eigenvalue weighted by molar-refractivity contribution is -0.378. The van der Waals surface area contributed by atoms with E-state index in [0.717, 1.165) is 0 Å². The molecule has 0 fully saturated rings. The largest absolute Gasteiger partial charge is 0.428 e. The molecule has 104 valence electrons. The molecule has 0 unspecified atom stereocenters. The smallest absolute Gasteiger partial charge is 0.379 e. The highest BCUT2D eigenvalue weighted by Crippen LogP contribution is 2.43. The molecule has 0 saturated heterocycles. The summed E-state index contributed by atoms with van der Waals surface area (Å²) in [6.45, 7) is -0.675. The SMILES string of the molecule is CCOCCOCC(O)(C(F)(F)F)C(F)(F)F. The Labute approximate surface area is 93.3 Å². The summed E-state index contributed by atoms with van der Waals surface area (Å²) in [6.07, 6.45) is -11.7. The van der Waals surface area contributed by atoms with E-state index >= 15 is 0 Å². The Bertz CT molecular complexity index is 210. The summed E-state index contributed by atoms with van der Waals surface area (Å²) in [6, 6.07) is 0. The first kappa shape index (κ1) is 16.5. The lowest BCUT2D eigenvalue weighted by Gasteiger charge is -2.31. The van der Waals surface area contributed by atoms with Crippen LogP contribution in [-0.4, -0.2) is 49.5 Å². The second kappa shape index (κ2) is 5.87. The van der Waals surface area contributed by atoms with E-state index in [-0.39, 0.29) is 13.2 Å². The van der Waals surface area contributed by atoms with Crippen LogP contribution in [0.5, 0.6) is 0 Å². The van der Waals surface area contributed by atoms with Gasteiger partial charge in [-0.25, -0.2) is 0 Å². The maximum absolute atomic E-state index is 12.1. The fourth-order valence-corrected chi connectivity index (χ4v) is 0.806. The lowest BCUT2D eigenvalue weighted by Crippen LogP contribution is -2.60. The minimum atomic E-state index is -5.85. The zero-order chi connectivity index (χ0) is 13.7. The van der Waals surface area contributed by atoms with E-state index < -0.39 is 31.2 Å². The molecule has 0 aromatic heterocycles. The third-order valence-corrected chi connectivity index (χ3v) is 1.82. The van der Waals surface area contributed by atoms with Gasteiger partial charge in [-0.2, -0.15) is 26.3 Å². The zero-order valence-corrected chi connectivity index (χ0v) is 8.86. The molecule has 0 saturated carbocycles. The molecular formula is C8H12F6O3. The van der Waals surface area contributed by atoms with Gasteiger partial charge in [0.25, 0.3) is 5.60 Å². The van der Waals surface area contributed by atoms with Gasteiger partial charge in [0.15, 0.2) is 0 Å². The molecule has 0 rings (SSSR count). The van der Waals surface area contributed by atoms with E-state index in [2.05, 4.69) is 9.47 Å². The molecule has 9 heteroatoms. The highest BCUT2D eigenvalue weighted by atomic mass is 19.4. The monoisotopic (exact) mass is 270 g/mol. The molecule has 0 spiro atoms. The van der Waals surface area contributed by atoms with E-state index in [1.165, 1.54) is 0 Å². The minimum Gasteiger partial charge on any atom is -0.379 e. The van der Waals surface area contributed by atoms with E-state index in [0.29, 0.717) is 0 Å². The maximum atomic E-state index is 12.1. The van der Waals surface area contributed by atoms with Crippen LogP contribution in [0, 0.1) is 0 Å². The van der Waals surface area contributed by atoms with Crippen molar-refractivity contribution in [3.8, 4) is 0 Å². The topological polar surface area (TPSA) is 38.7 Å². The Hall–Kier alpha value is -0.540. The molecule has 0 heterocycles. The molecule has 0 aromatic rings. The Morgan fingerprint density at radius 1 is 0.882 bits per heavy atom. The Morgan fingerprint density at radius 3 is 1.65 bits per heavy atom. The predicted molar refractivity (Wildman–Crippen MR) is 44.4 cm³/mol. The summed E-state index contributed by atoms with van der Waals surface area (Å²) in [5.41, 5.74) is -4.85. The Balaban J connectivity index is 4.44. The van der Waals surface area contributed by atoms with E-state index in [9.17, 15) is 26.3 Å². The first-order valence-corrected chi connectivity index (χ1v) is 4.57. The lowest BCUT2D eigenvalue weighted by atomic mass is 10.1. The summed E-state index contributed by atoms with van der Waals surface area (Å²) in [4.78, 5) is 0. The fourth-order valence-electron chi connectivity index (χ4n) is 0.806. The van der Waals surface area contributed by atoms with Gasteiger partial charge >= 0.3 is 12.4 Å². The predicted octanol–water partition coefficient (Wildman–Crippen LogP) is 1.90. The molecule has 17 heavy (non-hydrogen) atoms. The van der Waals surface area contributed by atoms with Gasteiger partial charge in [-0.15, -0.1) is 0 Å². The summed E-state index contributed by atoms with van der Waals surface area (Å²) in [5, 5.41) is 8.63. The number of halogens is 6. The van der Waals surface area contributed by atoms with Crippen molar-refractivity contribution >= 4 is 0 Å². The number of hydrogen-bond acceptors (Lipinski definition) is 3. The van der Waals surface area contributed by atoms with Crippen LogP contribution in [0.1, 0.15) is 6.92 Å². The fraction of sp³-hybridized carbons (Fsp3) is 1.00. The normalized spacial score (nSPS) is 14.1. The van der Waals surface area contributed by atoms with Crippen LogP contribution in [0.2, 0.25) is 0 Å². The van der Waals surface area contributed by atoms with Crippen molar-refractivity contribution in [3.63, 3.8) is 0 Å². The molecule has 0 aromatic carbocycles. The molecule has 0 amide bonds. The second-order valence-electron chi connectivity index (χ2n) is 3.11. The minimum absolute atomic E-state index is 0.151. The quantitative estimate of drug-likeness (QED) is 0.591. The van der Waals surface area contributed by atoms with Crippen molar-refractivity contribution in [3.05, 3.63) is 0 Å². The standard InChI is InChI=1S/C8H12F6O3/c1-2-16-3-4-17-5-6(15,7(9,10)11)8(12,13)14/h15H,2-5H2,1H3. The van der Waals surface area contributed by atoms with Gasteiger partial charge in [-0.1, -0.05) is 0 Å². The first-order chi connectivity index (χ1) is 7.56. The number of ether oxygens (including phenoxy) is 2. The third-order valence-electron chi connectivity index (χ3n) is 1.82. The summed E-state index contributed by atoms with van der Waals surface area (Å²) in [7, 11) is 0. The van der Waals surface area contributed by atoms with E-state index in [1.54, 1.807) is 6.92 Å². The molecule has 0 aliphatic carbocycles. The van der Waals surface area contributed by atoms with E-state index in [4.69, 9.17) is 5.11 Å². The summed E-state index contributed by atoms with van der Waals surface area (Å²) >= 11 is 0. The van der Waals surface area contributed by atoms with E-state index in [1.807, 2.05) is 0 Å². The number of alkyl halides is 6. The van der Waals surface area contributed by atoms with Crippen molar-refractivity contribution in [2.24, 2.45) is 0 Å². The molecule has 0 aliphatic heterocycles. The Kier molecular flexibility index (Phi) is 5.69. The van der Waals surface area contributed by atoms with Gasteiger partial charge in [0.1, 0.15) is 0 Å². The van der Waals surface area contributed by atoms with Crippen molar-refractivity contribution < 1.29 is 40.9 Å². The highest BCUT2D eigenvalue weighted by Gasteiger charge is 2.70. The summed E-state index contributed by atoms with van der Waals surface area (Å²) < 4.78 is 81.4. The number of aliphatic hydroxyl groups is 1. The van der Waals surface area contributed by atoms with Crippen molar-refractivity contribution in [2.75, 3.05) is 26.4 Å². The molecule has 0 atom stereocenters. The number of rotatable bonds is 6. The average molecular weight is 270 g/mol. The van der Waals surface area contributed by atoms with Crippen LogP contribution in [-0.2, 0) is 9.47 Å². The Morgan fingerprint density at radius 2 is 1.29 bits per heavy atom. The summed E-state index contributed by atoms with van der Waals surface area (Å²) in [5.74, 6) is 0. The molecule has 0 radical (unpaired) electrons. The van der Waals surface area contributed by atoms with Crippen molar-refractivity contribution in [2.45, 2.75) is 24.9 Å². The number of hydrogen-bond donors (Lipinski definition) is 1. The molecule has 3 nitrogen and oxygen atoms in total. The van der Waals surface area contributed by atoms with Crippen LogP contribution in [0.4, 0.5) is 26.3 Å². The van der Waals surface area contributed by atoms with Crippen LogP contribution in [0.3, 0.4) is 0 Å². The second-order valence-corrected chi connectivity index (χ2v) is 3.11. The van der Waals surface area contributed by atoms with Crippen LogP contribution in [0.15, 0.2) is 0 Å². The van der Waals surface area contributed by atoms with Gasteiger partial charge in [0.2, 0.25) is 0 Å². The van der Waals surface area contributed by atoms with Crippen LogP contribution < -0.4 is 0 Å². The van der Waals surface area contributed by atoms with Crippen molar-refractivity contribution in [1.29, 1.82) is 0 Å². The molecule has 0 bridgehead atoms. The van der Waals surface area contributed by atoms with Gasteiger partial charge in [0.05, 0.1) is 19.8 Å². The van der Waals surface area contributed by atoms with Crippen molar-refractivity contribution in [1.82, 2.24) is 0 Å². The third kappa shape index (κ3) is 4.32. The molecular weight excluding hydrogens is 258 g/mol. The van der Waals surface area contributed by atoms with Gasteiger partial charge in [-0.05, 0) is 6.92 Å². The van der Waals surface area contributed by atoms with Crippen LogP contribution in [0.25, 0.3) is 0 Å². The van der Waals surface area contributed by atoms with Crippen LogP contribution >= 0.6 is 0 Å². The van der Waals surface area contributed by atoms with Gasteiger partial charge < -0.3 is 14.6 Å². The van der Waals surface area contributed by atoms with Gasteiger partial charge in [-0.3, -0.25) is 0 Å². The van der Waals surface area contributed by atoms with Gasteiger partial charge in [0, 0.05) is 6.61 Å². The zero-order valence-electron chi connectivity index (χ0n) is 8.86. The molecule has 0 aliphatic rings. The average Bonchev–Trinajstić information content (AvgIpc) is 2.13. The molecule has 1 N–H and O–H groups in total. The first-order valence-electron chi connectivity index (χ1n) is 4.57. The highest BCUT2D eigenvalue weighted by molar-refractivity contribution is 4.93.